The van der Waals surface area contributed by atoms with E-state index < -0.39 is 5.97 Å². The van der Waals surface area contributed by atoms with Crippen LogP contribution in [-0.2, 0) is 6.54 Å². The van der Waals surface area contributed by atoms with Gasteiger partial charge in [-0.2, -0.15) is 0 Å². The molecule has 0 aromatic heterocycles. The monoisotopic (exact) mass is 251 g/mol. The first-order chi connectivity index (χ1) is 8.44. The van der Waals surface area contributed by atoms with Gasteiger partial charge in [-0.25, -0.2) is 4.79 Å². The Hall–Kier alpha value is -1.39. The van der Waals surface area contributed by atoms with Crippen LogP contribution in [0.1, 0.15) is 36.2 Å². The van der Waals surface area contributed by atoms with E-state index in [4.69, 9.17) is 10.2 Å². The molecule has 0 atom stereocenters. The van der Waals surface area contributed by atoms with E-state index in [1.165, 1.54) is 0 Å². The Bertz CT molecular complexity index is 385. The smallest absolute Gasteiger partial charge is 0.335 e. The highest BCUT2D eigenvalue weighted by Gasteiger charge is 2.16. The fourth-order valence-electron chi connectivity index (χ4n) is 1.70. The molecule has 0 saturated heterocycles. The Morgan fingerprint density at radius 3 is 2.39 bits per heavy atom. The summed E-state index contributed by atoms with van der Waals surface area (Å²) >= 11 is 0. The Balaban J connectivity index is 2.42. The Labute approximate surface area is 108 Å². The summed E-state index contributed by atoms with van der Waals surface area (Å²) in [5.41, 5.74) is 1.43. The van der Waals surface area contributed by atoms with Crippen LogP contribution in [0, 0.1) is 5.41 Å². The maximum atomic E-state index is 10.7. The maximum absolute atomic E-state index is 10.7. The van der Waals surface area contributed by atoms with Gasteiger partial charge in [0.15, 0.2) is 0 Å². The zero-order valence-electron chi connectivity index (χ0n) is 10.9. The molecule has 0 aliphatic heterocycles. The van der Waals surface area contributed by atoms with Gasteiger partial charge >= 0.3 is 5.97 Å². The van der Waals surface area contributed by atoms with Gasteiger partial charge in [-0.3, -0.25) is 0 Å². The predicted octanol–water partition coefficient (Wildman–Crippen LogP) is 1.88. The molecule has 4 heteroatoms. The van der Waals surface area contributed by atoms with Crippen LogP contribution < -0.4 is 5.32 Å². The SMILES string of the molecule is CC(C)(CCO)CNCc1ccc(C(=O)O)cc1. The van der Waals surface area contributed by atoms with E-state index >= 15 is 0 Å². The Morgan fingerprint density at radius 1 is 1.28 bits per heavy atom. The number of rotatable bonds is 7. The van der Waals surface area contributed by atoms with Crippen molar-refractivity contribution < 1.29 is 15.0 Å². The zero-order chi connectivity index (χ0) is 13.6. The highest BCUT2D eigenvalue weighted by Crippen LogP contribution is 2.18. The minimum Gasteiger partial charge on any atom is -0.478 e. The van der Waals surface area contributed by atoms with E-state index in [1.54, 1.807) is 12.1 Å². The molecule has 0 saturated carbocycles. The number of carboxylic acids is 1. The van der Waals surface area contributed by atoms with Crippen LogP contribution in [0.4, 0.5) is 0 Å². The molecule has 0 radical (unpaired) electrons. The molecule has 1 aromatic rings. The number of aromatic carboxylic acids is 1. The van der Waals surface area contributed by atoms with E-state index in [9.17, 15) is 4.79 Å². The third-order valence-corrected chi connectivity index (χ3v) is 2.92. The minimum absolute atomic E-state index is 0.0652. The van der Waals surface area contributed by atoms with Gasteiger partial charge in [-0.1, -0.05) is 26.0 Å². The summed E-state index contributed by atoms with van der Waals surface area (Å²) < 4.78 is 0. The molecule has 0 spiro atoms. The molecule has 0 unspecified atom stereocenters. The third-order valence-electron chi connectivity index (χ3n) is 2.92. The number of carboxylic acid groups (broad SMARTS) is 1. The van der Waals surface area contributed by atoms with Crippen LogP contribution in [0.25, 0.3) is 0 Å². The largest absolute Gasteiger partial charge is 0.478 e. The molecular weight excluding hydrogens is 230 g/mol. The van der Waals surface area contributed by atoms with Gasteiger partial charge in [0.2, 0.25) is 0 Å². The second-order valence-corrected chi connectivity index (χ2v) is 5.24. The molecule has 3 N–H and O–H groups in total. The van der Waals surface area contributed by atoms with Crippen LogP contribution in [0.15, 0.2) is 24.3 Å². The van der Waals surface area contributed by atoms with Gasteiger partial charge in [0.25, 0.3) is 0 Å². The van der Waals surface area contributed by atoms with Gasteiger partial charge < -0.3 is 15.5 Å². The number of aliphatic hydroxyl groups excluding tert-OH is 1. The van der Waals surface area contributed by atoms with Crippen LogP contribution in [0.3, 0.4) is 0 Å². The minimum atomic E-state index is -0.904. The van der Waals surface area contributed by atoms with Crippen LogP contribution in [-0.4, -0.2) is 29.3 Å². The van der Waals surface area contributed by atoms with Crippen molar-refractivity contribution in [2.75, 3.05) is 13.2 Å². The molecule has 1 aromatic carbocycles. The van der Waals surface area contributed by atoms with Gasteiger partial charge in [0, 0.05) is 19.7 Å². The number of nitrogens with one attached hydrogen (secondary N) is 1. The normalized spacial score (nSPS) is 11.5. The van der Waals surface area contributed by atoms with Crippen molar-refractivity contribution in [1.82, 2.24) is 5.32 Å². The first-order valence-corrected chi connectivity index (χ1v) is 6.08. The van der Waals surface area contributed by atoms with Crippen molar-refractivity contribution >= 4 is 5.97 Å². The zero-order valence-corrected chi connectivity index (χ0v) is 10.9. The average Bonchev–Trinajstić information content (AvgIpc) is 2.29. The summed E-state index contributed by atoms with van der Waals surface area (Å²) in [6.45, 7) is 5.92. The van der Waals surface area contributed by atoms with E-state index in [-0.39, 0.29) is 12.0 Å². The van der Waals surface area contributed by atoms with E-state index in [0.717, 1.165) is 18.5 Å². The molecule has 1 rings (SSSR count). The Morgan fingerprint density at radius 2 is 1.89 bits per heavy atom. The molecular formula is C14H21NO3. The van der Waals surface area contributed by atoms with Crippen molar-refractivity contribution in [1.29, 1.82) is 0 Å². The molecule has 0 bridgehead atoms. The van der Waals surface area contributed by atoms with E-state index in [1.807, 2.05) is 12.1 Å². The van der Waals surface area contributed by atoms with Gasteiger partial charge in [-0.05, 0) is 29.5 Å². The van der Waals surface area contributed by atoms with Crippen molar-refractivity contribution in [3.63, 3.8) is 0 Å². The summed E-state index contributed by atoms with van der Waals surface area (Å²) in [6, 6.07) is 6.85. The van der Waals surface area contributed by atoms with Crippen LogP contribution in [0.5, 0.6) is 0 Å². The molecule has 0 heterocycles. The lowest BCUT2D eigenvalue weighted by Crippen LogP contribution is -2.29. The van der Waals surface area contributed by atoms with E-state index in [2.05, 4.69) is 19.2 Å². The lowest BCUT2D eigenvalue weighted by atomic mass is 9.90. The van der Waals surface area contributed by atoms with Crippen molar-refractivity contribution in [2.45, 2.75) is 26.8 Å². The van der Waals surface area contributed by atoms with Crippen LogP contribution >= 0.6 is 0 Å². The van der Waals surface area contributed by atoms with Gasteiger partial charge in [0.1, 0.15) is 0 Å². The molecule has 0 aliphatic carbocycles. The fraction of sp³-hybridized carbons (Fsp3) is 0.500. The molecule has 18 heavy (non-hydrogen) atoms. The second-order valence-electron chi connectivity index (χ2n) is 5.24. The molecule has 0 fully saturated rings. The molecule has 0 amide bonds. The molecule has 4 nitrogen and oxygen atoms in total. The van der Waals surface area contributed by atoms with E-state index in [0.29, 0.717) is 12.1 Å². The Kier molecular flexibility index (Phi) is 5.31. The fourth-order valence-corrected chi connectivity index (χ4v) is 1.70. The maximum Gasteiger partial charge on any atom is 0.335 e. The third kappa shape index (κ3) is 4.85. The van der Waals surface area contributed by atoms with Crippen molar-refractivity contribution in [2.24, 2.45) is 5.41 Å². The predicted molar refractivity (Wildman–Crippen MR) is 70.6 cm³/mol. The first-order valence-electron chi connectivity index (χ1n) is 6.08. The second kappa shape index (κ2) is 6.52. The number of aliphatic hydroxyl groups is 1. The molecule has 100 valence electrons. The van der Waals surface area contributed by atoms with Gasteiger partial charge in [-0.15, -0.1) is 0 Å². The number of hydrogen-bond donors (Lipinski definition) is 3. The summed E-state index contributed by atoms with van der Waals surface area (Å²) in [5, 5.41) is 21.0. The number of benzene rings is 1. The standard InChI is InChI=1S/C14H21NO3/c1-14(2,7-8-16)10-15-9-11-3-5-12(6-4-11)13(17)18/h3-6,15-16H,7-10H2,1-2H3,(H,17,18). The summed E-state index contributed by atoms with van der Waals surface area (Å²) in [4.78, 5) is 10.7. The number of carbonyl (C=O) groups is 1. The van der Waals surface area contributed by atoms with Crippen LogP contribution in [0.2, 0.25) is 0 Å². The molecule has 0 aliphatic rings. The highest BCUT2D eigenvalue weighted by molar-refractivity contribution is 5.87. The lowest BCUT2D eigenvalue weighted by molar-refractivity contribution is 0.0697. The summed E-state index contributed by atoms with van der Waals surface area (Å²) in [6.07, 6.45) is 0.762. The van der Waals surface area contributed by atoms with Crippen molar-refractivity contribution in [3.8, 4) is 0 Å². The lowest BCUT2D eigenvalue weighted by Gasteiger charge is -2.24. The topological polar surface area (TPSA) is 69.6 Å². The number of hydrogen-bond acceptors (Lipinski definition) is 3. The van der Waals surface area contributed by atoms with Crippen molar-refractivity contribution in [3.05, 3.63) is 35.4 Å². The first kappa shape index (κ1) is 14.7. The summed E-state index contributed by atoms with van der Waals surface area (Å²) in [7, 11) is 0. The summed E-state index contributed by atoms with van der Waals surface area (Å²) in [5.74, 6) is -0.904. The highest BCUT2D eigenvalue weighted by atomic mass is 16.4. The van der Waals surface area contributed by atoms with Gasteiger partial charge in [0.05, 0.1) is 5.56 Å². The quantitative estimate of drug-likeness (QED) is 0.692. The average molecular weight is 251 g/mol.